The Morgan fingerprint density at radius 1 is 1.25 bits per heavy atom. The van der Waals surface area contributed by atoms with Crippen molar-refractivity contribution in [2.75, 3.05) is 5.75 Å². The molecule has 1 heterocycles. The van der Waals surface area contributed by atoms with Crippen LogP contribution in [-0.4, -0.2) is 36.7 Å². The minimum atomic E-state index is -0.966. The summed E-state index contributed by atoms with van der Waals surface area (Å²) in [5.41, 5.74) is 0. The number of aromatic hydroxyl groups is 2. The highest BCUT2D eigenvalue weighted by Gasteiger charge is 2.11. The van der Waals surface area contributed by atoms with E-state index in [2.05, 4.69) is 0 Å². The Labute approximate surface area is 95.5 Å². The lowest BCUT2D eigenvalue weighted by atomic mass is 10.5. The maximum atomic E-state index is 11.3. The van der Waals surface area contributed by atoms with E-state index in [0.29, 0.717) is 0 Å². The van der Waals surface area contributed by atoms with E-state index < -0.39 is 5.97 Å². The molecule has 6 nitrogen and oxygen atoms in total. The molecule has 1 aromatic rings. The van der Waals surface area contributed by atoms with Gasteiger partial charge >= 0.3 is 5.97 Å². The highest BCUT2D eigenvalue weighted by Crippen LogP contribution is 2.21. The number of carboxylic acid groups (broad SMARTS) is 1. The predicted molar refractivity (Wildman–Crippen MR) is 57.5 cm³/mol. The fraction of sp³-hybridized carbons (Fsp3) is 0.333. The van der Waals surface area contributed by atoms with E-state index in [1.54, 1.807) is 0 Å². The number of rotatable bonds is 5. The summed E-state index contributed by atoms with van der Waals surface area (Å²) in [6.45, 7) is -0.186. The van der Waals surface area contributed by atoms with Gasteiger partial charge in [-0.25, -0.2) is 0 Å². The van der Waals surface area contributed by atoms with Crippen LogP contribution < -0.4 is 0 Å². The first kappa shape index (κ1) is 12.4. The molecule has 0 saturated carbocycles. The zero-order valence-corrected chi connectivity index (χ0v) is 9.11. The first-order valence-electron chi connectivity index (χ1n) is 4.45. The molecule has 0 aliphatic carbocycles. The third-order valence-corrected chi connectivity index (χ3v) is 2.66. The predicted octanol–water partition coefficient (Wildman–Crippen LogP) is 0.634. The normalized spacial score (nSPS) is 10.2. The van der Waals surface area contributed by atoms with Gasteiger partial charge in [-0.3, -0.25) is 14.2 Å². The summed E-state index contributed by atoms with van der Waals surface area (Å²) in [4.78, 5) is 21.5. The molecule has 0 atom stereocenters. The van der Waals surface area contributed by atoms with Crippen molar-refractivity contribution in [1.82, 2.24) is 4.57 Å². The second kappa shape index (κ2) is 5.45. The number of hydrogen-bond acceptors (Lipinski definition) is 5. The van der Waals surface area contributed by atoms with Gasteiger partial charge in [0.2, 0.25) is 5.12 Å². The minimum absolute atomic E-state index is 0.0972. The SMILES string of the molecule is O=C(O)CCSC(=O)Cn1c(O)ccc1O. The van der Waals surface area contributed by atoms with Gasteiger partial charge < -0.3 is 15.3 Å². The van der Waals surface area contributed by atoms with Crippen LogP contribution in [0.4, 0.5) is 0 Å². The topological polar surface area (TPSA) is 99.8 Å². The second-order valence-corrected chi connectivity index (χ2v) is 4.15. The van der Waals surface area contributed by atoms with E-state index in [1.807, 2.05) is 0 Å². The number of hydrogen-bond donors (Lipinski definition) is 3. The highest BCUT2D eigenvalue weighted by atomic mass is 32.2. The lowest BCUT2D eigenvalue weighted by Gasteiger charge is -2.04. The Kier molecular flexibility index (Phi) is 4.24. The van der Waals surface area contributed by atoms with Crippen LogP contribution in [0.25, 0.3) is 0 Å². The summed E-state index contributed by atoms with van der Waals surface area (Å²) in [6, 6.07) is 2.54. The lowest BCUT2D eigenvalue weighted by molar-refractivity contribution is -0.136. The van der Waals surface area contributed by atoms with Crippen LogP contribution in [0.2, 0.25) is 0 Å². The van der Waals surface area contributed by atoms with Gasteiger partial charge in [-0.15, -0.1) is 0 Å². The van der Waals surface area contributed by atoms with Crippen molar-refractivity contribution in [3.63, 3.8) is 0 Å². The third-order valence-electron chi connectivity index (χ3n) is 1.80. The highest BCUT2D eigenvalue weighted by molar-refractivity contribution is 8.13. The van der Waals surface area contributed by atoms with E-state index >= 15 is 0 Å². The van der Waals surface area contributed by atoms with E-state index in [4.69, 9.17) is 5.11 Å². The number of nitrogens with zero attached hydrogens (tertiary/aromatic N) is 1. The number of carbonyl (C=O) groups is 2. The smallest absolute Gasteiger partial charge is 0.304 e. The molecular formula is C9H11NO5S. The van der Waals surface area contributed by atoms with Crippen LogP contribution >= 0.6 is 11.8 Å². The zero-order valence-electron chi connectivity index (χ0n) is 8.29. The van der Waals surface area contributed by atoms with E-state index in [9.17, 15) is 19.8 Å². The number of carbonyl (C=O) groups excluding carboxylic acids is 1. The average Bonchev–Trinajstić information content (AvgIpc) is 2.49. The van der Waals surface area contributed by atoms with Crippen LogP contribution in [0, 0.1) is 0 Å². The summed E-state index contributed by atoms with van der Waals surface area (Å²) in [5.74, 6) is -1.20. The largest absolute Gasteiger partial charge is 0.494 e. The molecule has 0 aliphatic rings. The molecule has 7 heteroatoms. The van der Waals surface area contributed by atoms with Crippen molar-refractivity contribution >= 4 is 22.8 Å². The van der Waals surface area contributed by atoms with Gasteiger partial charge in [0.15, 0.2) is 11.8 Å². The van der Waals surface area contributed by atoms with Crippen LogP contribution in [0.1, 0.15) is 6.42 Å². The Balaban J connectivity index is 2.43. The van der Waals surface area contributed by atoms with Gasteiger partial charge in [0.1, 0.15) is 0 Å². The molecule has 0 bridgehead atoms. The van der Waals surface area contributed by atoms with Gasteiger partial charge in [-0.05, 0) is 0 Å². The Morgan fingerprint density at radius 3 is 2.31 bits per heavy atom. The molecule has 0 radical (unpaired) electrons. The van der Waals surface area contributed by atoms with Gasteiger partial charge in [-0.2, -0.15) is 0 Å². The Bertz CT molecular complexity index is 381. The van der Waals surface area contributed by atoms with Crippen LogP contribution in [0.5, 0.6) is 11.8 Å². The molecule has 0 saturated heterocycles. The van der Waals surface area contributed by atoms with Gasteiger partial charge in [-0.1, -0.05) is 11.8 Å². The Morgan fingerprint density at radius 2 is 1.81 bits per heavy atom. The quantitative estimate of drug-likeness (QED) is 0.703. The number of thioether (sulfide) groups is 1. The summed E-state index contributed by atoms with van der Waals surface area (Å²) in [7, 11) is 0. The molecule has 16 heavy (non-hydrogen) atoms. The molecular weight excluding hydrogens is 234 g/mol. The van der Waals surface area contributed by atoms with Crippen LogP contribution in [0.15, 0.2) is 12.1 Å². The molecule has 88 valence electrons. The summed E-state index contributed by atoms with van der Waals surface area (Å²) < 4.78 is 1.04. The van der Waals surface area contributed by atoms with Gasteiger partial charge in [0, 0.05) is 17.9 Å². The van der Waals surface area contributed by atoms with Gasteiger partial charge in [0.25, 0.3) is 0 Å². The van der Waals surface area contributed by atoms with Gasteiger partial charge in [0.05, 0.1) is 13.0 Å². The van der Waals surface area contributed by atoms with Crippen molar-refractivity contribution in [2.24, 2.45) is 0 Å². The maximum Gasteiger partial charge on any atom is 0.304 e. The molecule has 1 rings (SSSR count). The Hall–Kier alpha value is -1.63. The van der Waals surface area contributed by atoms with E-state index in [0.717, 1.165) is 16.3 Å². The van der Waals surface area contributed by atoms with Crippen molar-refractivity contribution in [1.29, 1.82) is 0 Å². The number of aromatic nitrogens is 1. The zero-order chi connectivity index (χ0) is 12.1. The lowest BCUT2D eigenvalue weighted by Crippen LogP contribution is -2.07. The minimum Gasteiger partial charge on any atom is -0.494 e. The molecule has 0 fully saturated rings. The molecule has 0 spiro atoms. The fourth-order valence-corrected chi connectivity index (χ4v) is 1.76. The van der Waals surface area contributed by atoms with Crippen molar-refractivity contribution in [3.05, 3.63) is 12.1 Å². The van der Waals surface area contributed by atoms with Crippen molar-refractivity contribution in [2.45, 2.75) is 13.0 Å². The molecule has 0 amide bonds. The summed E-state index contributed by atoms with van der Waals surface area (Å²) in [5, 5.41) is 26.5. The molecule has 0 unspecified atom stereocenters. The fourth-order valence-electron chi connectivity index (χ4n) is 1.04. The third kappa shape index (κ3) is 3.50. The van der Waals surface area contributed by atoms with Crippen LogP contribution in [-0.2, 0) is 16.1 Å². The molecule has 0 aromatic carbocycles. The molecule has 1 aromatic heterocycles. The van der Waals surface area contributed by atoms with Crippen molar-refractivity contribution < 1.29 is 24.9 Å². The first-order chi connectivity index (χ1) is 7.50. The first-order valence-corrected chi connectivity index (χ1v) is 5.44. The van der Waals surface area contributed by atoms with Crippen molar-refractivity contribution in [3.8, 4) is 11.8 Å². The standard InChI is InChI=1S/C9H11NO5S/c11-6-1-2-7(12)10(6)5-9(15)16-4-3-8(13)14/h1-2,11-12H,3-5H2,(H,13,14). The summed E-state index contributed by atoms with van der Waals surface area (Å²) >= 11 is 0.858. The average molecular weight is 245 g/mol. The summed E-state index contributed by atoms with van der Waals surface area (Å²) in [6.07, 6.45) is -0.0972. The number of aliphatic carboxylic acids is 1. The molecule has 0 aliphatic heterocycles. The van der Waals surface area contributed by atoms with E-state index in [-0.39, 0.29) is 35.6 Å². The molecule has 3 N–H and O–H groups in total. The second-order valence-electron chi connectivity index (χ2n) is 3.00. The monoisotopic (exact) mass is 245 g/mol. The van der Waals surface area contributed by atoms with Crippen LogP contribution in [0.3, 0.4) is 0 Å². The number of carboxylic acids is 1. The van der Waals surface area contributed by atoms with E-state index in [1.165, 1.54) is 12.1 Å². The maximum absolute atomic E-state index is 11.3.